The highest BCUT2D eigenvalue weighted by Gasteiger charge is 2.36. The van der Waals surface area contributed by atoms with Crippen molar-refractivity contribution >= 4 is 37.1 Å². The summed E-state index contributed by atoms with van der Waals surface area (Å²) in [5.74, 6) is 1.59. The predicted octanol–water partition coefficient (Wildman–Crippen LogP) is 13.9. The molecule has 56 heavy (non-hydrogen) atoms. The van der Waals surface area contributed by atoms with Crippen LogP contribution in [0.15, 0.2) is 72.8 Å². The van der Waals surface area contributed by atoms with E-state index in [1.54, 1.807) is 65.7 Å². The van der Waals surface area contributed by atoms with Crippen molar-refractivity contribution in [3.8, 4) is 0 Å². The molecule has 0 N–H and O–H groups in total. The Morgan fingerprint density at radius 1 is 0.304 bits per heavy atom. The molecule has 2 unspecified atom stereocenters. The Labute approximate surface area is 348 Å². The van der Waals surface area contributed by atoms with Crippen LogP contribution in [0.1, 0.15) is 164 Å². The molecule has 4 aromatic rings. The Morgan fingerprint density at radius 2 is 0.482 bits per heavy atom. The average Bonchev–Trinajstić information content (AvgIpc) is 3.16. The van der Waals surface area contributed by atoms with Gasteiger partial charge in [-0.3, -0.25) is 0 Å². The molecule has 0 heterocycles. The van der Waals surface area contributed by atoms with Gasteiger partial charge in [0, 0.05) is 0 Å². The fourth-order valence-electron chi connectivity index (χ4n) is 9.37. The summed E-state index contributed by atoms with van der Waals surface area (Å²) in [5, 5.41) is 6.63. The van der Waals surface area contributed by atoms with Crippen molar-refractivity contribution in [2.75, 3.05) is 12.3 Å². The molecule has 1 fully saturated rings. The highest BCUT2D eigenvalue weighted by atomic mass is 31.1. The Kier molecular flexibility index (Phi) is 18.7. The first kappa shape index (κ1) is 44.8. The summed E-state index contributed by atoms with van der Waals surface area (Å²) in [5.41, 5.74) is 12.5. The molecular weight excluding hydrogens is 711 g/mol. The first-order valence-corrected chi connectivity index (χ1v) is 26.5. The highest BCUT2D eigenvalue weighted by molar-refractivity contribution is 7.73. The molecule has 0 spiro atoms. The number of benzene rings is 4. The van der Waals surface area contributed by atoms with E-state index in [-0.39, 0.29) is 0 Å². The molecule has 2 heteroatoms. The van der Waals surface area contributed by atoms with Crippen LogP contribution < -0.4 is 21.2 Å². The first-order chi connectivity index (χ1) is 27.3. The highest BCUT2D eigenvalue weighted by Crippen LogP contribution is 2.50. The van der Waals surface area contributed by atoms with Crippen molar-refractivity contribution in [2.24, 2.45) is 11.8 Å². The molecular formula is C54H78P2. The van der Waals surface area contributed by atoms with E-state index in [2.05, 4.69) is 128 Å². The van der Waals surface area contributed by atoms with Crippen LogP contribution in [0.5, 0.6) is 0 Å². The van der Waals surface area contributed by atoms with Gasteiger partial charge in [0.2, 0.25) is 0 Å². The van der Waals surface area contributed by atoms with Crippen molar-refractivity contribution in [3.63, 3.8) is 0 Å². The first-order valence-electron chi connectivity index (χ1n) is 23.4. The molecule has 0 saturated heterocycles. The van der Waals surface area contributed by atoms with Gasteiger partial charge in [-0.15, -0.1) is 0 Å². The van der Waals surface area contributed by atoms with Crippen LogP contribution >= 0.6 is 15.8 Å². The van der Waals surface area contributed by atoms with E-state index in [9.17, 15) is 0 Å². The summed E-state index contributed by atoms with van der Waals surface area (Å²) in [6.45, 7) is 18.8. The summed E-state index contributed by atoms with van der Waals surface area (Å²) >= 11 is 0. The lowest BCUT2D eigenvalue weighted by Gasteiger charge is -2.41. The van der Waals surface area contributed by atoms with E-state index < -0.39 is 15.8 Å². The molecule has 2 atom stereocenters. The third-order valence-electron chi connectivity index (χ3n) is 12.1. The molecule has 5 rings (SSSR count). The van der Waals surface area contributed by atoms with Crippen LogP contribution in [0.2, 0.25) is 0 Å². The van der Waals surface area contributed by atoms with Crippen molar-refractivity contribution in [1.82, 2.24) is 0 Å². The molecule has 1 saturated carbocycles. The molecule has 0 amide bonds. The molecule has 4 aromatic carbocycles. The van der Waals surface area contributed by atoms with E-state index in [1.807, 2.05) is 0 Å². The normalized spacial score (nSPS) is 15.5. The van der Waals surface area contributed by atoms with Crippen LogP contribution in [0, 0.1) is 11.8 Å². The maximum atomic E-state index is 2.66. The SMILES string of the molecule is CCCc1cc(CCC)cc(P(CC2CCC2CP(c2cc(CCC)cc(CCC)c2)c2cc(CCC)cc(CCC)c2)c2cc(CCC)cc(CCC)c2)c1. The van der Waals surface area contributed by atoms with Crippen molar-refractivity contribution in [3.05, 3.63) is 117 Å². The largest absolute Gasteiger partial charge is 0.0651 e. The molecule has 0 radical (unpaired) electrons. The molecule has 0 bridgehead atoms. The summed E-state index contributed by atoms with van der Waals surface area (Å²) < 4.78 is 0. The van der Waals surface area contributed by atoms with Crippen molar-refractivity contribution < 1.29 is 0 Å². The van der Waals surface area contributed by atoms with Gasteiger partial charge in [0.25, 0.3) is 0 Å². The monoisotopic (exact) mass is 789 g/mol. The van der Waals surface area contributed by atoms with Crippen LogP contribution in [-0.4, -0.2) is 12.3 Å². The smallest absolute Gasteiger partial charge is 0.0190 e. The number of aryl methyl sites for hydroxylation is 8. The van der Waals surface area contributed by atoms with E-state index in [0.717, 1.165) is 11.8 Å². The molecule has 1 aliphatic rings. The van der Waals surface area contributed by atoms with E-state index in [1.165, 1.54) is 128 Å². The molecule has 0 nitrogen and oxygen atoms in total. The molecule has 0 aliphatic heterocycles. The second-order valence-corrected chi connectivity index (χ2v) is 21.9. The third-order valence-corrected chi connectivity index (χ3v) is 17.3. The van der Waals surface area contributed by atoms with Gasteiger partial charge in [0.05, 0.1) is 0 Å². The minimum absolute atomic E-state index is 0.446. The van der Waals surface area contributed by atoms with Gasteiger partial charge in [0.1, 0.15) is 0 Å². The minimum Gasteiger partial charge on any atom is -0.0651 e. The van der Waals surface area contributed by atoms with Gasteiger partial charge < -0.3 is 0 Å². The quantitative estimate of drug-likeness (QED) is 0.0621. The summed E-state index contributed by atoms with van der Waals surface area (Å²) in [6.07, 6.45) is 24.7. The third kappa shape index (κ3) is 12.6. The minimum atomic E-state index is -0.446. The van der Waals surface area contributed by atoms with Crippen LogP contribution in [0.4, 0.5) is 0 Å². The Morgan fingerprint density at radius 3 is 0.625 bits per heavy atom. The second kappa shape index (κ2) is 23.4. The van der Waals surface area contributed by atoms with Gasteiger partial charge in [-0.1, -0.05) is 180 Å². The van der Waals surface area contributed by atoms with Gasteiger partial charge in [-0.05, 0) is 170 Å². The van der Waals surface area contributed by atoms with Crippen molar-refractivity contribution in [2.45, 2.75) is 171 Å². The van der Waals surface area contributed by atoms with E-state index in [0.29, 0.717) is 0 Å². The van der Waals surface area contributed by atoms with E-state index in [4.69, 9.17) is 0 Å². The molecule has 304 valence electrons. The summed E-state index contributed by atoms with van der Waals surface area (Å²) in [4.78, 5) is 0. The maximum absolute atomic E-state index is 2.66. The Balaban J connectivity index is 1.58. The Hall–Kier alpha value is -2.26. The average molecular weight is 789 g/mol. The van der Waals surface area contributed by atoms with E-state index >= 15 is 0 Å². The lowest BCUT2D eigenvalue weighted by Crippen LogP contribution is -2.35. The number of hydrogen-bond donors (Lipinski definition) is 0. The molecule has 0 aromatic heterocycles. The fraction of sp³-hybridized carbons (Fsp3) is 0.556. The molecule has 1 aliphatic carbocycles. The maximum Gasteiger partial charge on any atom is -0.0190 e. The predicted molar refractivity (Wildman–Crippen MR) is 256 cm³/mol. The van der Waals surface area contributed by atoms with Gasteiger partial charge in [0.15, 0.2) is 0 Å². The lowest BCUT2D eigenvalue weighted by atomic mass is 9.76. The lowest BCUT2D eigenvalue weighted by molar-refractivity contribution is 0.228. The standard InChI is InChI=1S/C54H78P2/c1-9-17-41-27-42(18-10-2)32-51(31-41)55(52-33-43(19-11-3)28-44(34-52)20-12-4)39-49-25-26-50(49)40-56(53-35-45(21-13-5)29-46(36-53)22-14-6)54-37-47(23-15-7)30-48(38-54)24-16-8/h27-38,49-50H,9-26,39-40H2,1-8H3. The number of hydrogen-bond acceptors (Lipinski definition) is 0. The second-order valence-electron chi connectivity index (χ2n) is 17.3. The Bertz CT molecular complexity index is 1440. The zero-order valence-corrected chi connectivity index (χ0v) is 38.9. The fourth-order valence-corrected chi connectivity index (χ4v) is 15.3. The van der Waals surface area contributed by atoms with Gasteiger partial charge in [-0.2, -0.15) is 0 Å². The van der Waals surface area contributed by atoms with Gasteiger partial charge >= 0.3 is 0 Å². The summed E-state index contributed by atoms with van der Waals surface area (Å²) in [7, 11) is -0.892. The van der Waals surface area contributed by atoms with Crippen LogP contribution in [-0.2, 0) is 51.4 Å². The van der Waals surface area contributed by atoms with Crippen LogP contribution in [0.25, 0.3) is 0 Å². The summed E-state index contributed by atoms with van der Waals surface area (Å²) in [6, 6.07) is 31.4. The topological polar surface area (TPSA) is 0 Å². The zero-order chi connectivity index (χ0) is 39.9. The number of rotatable bonds is 24. The van der Waals surface area contributed by atoms with Crippen molar-refractivity contribution in [1.29, 1.82) is 0 Å². The van der Waals surface area contributed by atoms with Crippen LogP contribution in [0.3, 0.4) is 0 Å². The zero-order valence-electron chi connectivity index (χ0n) is 37.1. The van der Waals surface area contributed by atoms with Gasteiger partial charge in [-0.25, -0.2) is 0 Å².